The van der Waals surface area contributed by atoms with Crippen LogP contribution in [0.15, 0.2) is 48.5 Å². The van der Waals surface area contributed by atoms with E-state index in [0.29, 0.717) is 29.3 Å². The molecule has 6 heteroatoms. The highest BCUT2D eigenvalue weighted by molar-refractivity contribution is 6.40. The van der Waals surface area contributed by atoms with E-state index in [0.717, 1.165) is 5.56 Å². The average Bonchev–Trinajstić information content (AvgIpc) is 2.63. The molecule has 0 saturated heterocycles. The van der Waals surface area contributed by atoms with E-state index >= 15 is 0 Å². The molecule has 1 N–H and O–H groups in total. The molecule has 2 aromatic rings. The van der Waals surface area contributed by atoms with Crippen molar-refractivity contribution in [2.45, 2.75) is 12.8 Å². The van der Waals surface area contributed by atoms with Gasteiger partial charge in [0, 0.05) is 17.1 Å². The molecule has 5 nitrogen and oxygen atoms in total. The standard InChI is InChI=1S/C19H18ClNO4/c1-25-16-8-4-14(5-9-16)17(22)12-18(23)19(24)21-11-10-13-2-6-15(20)7-3-13/h2-9H,10-12H2,1H3,(H,21,24). The van der Waals surface area contributed by atoms with Crippen LogP contribution >= 0.6 is 11.6 Å². The monoisotopic (exact) mass is 359 g/mol. The van der Waals surface area contributed by atoms with Crippen molar-refractivity contribution in [1.29, 1.82) is 0 Å². The van der Waals surface area contributed by atoms with Crippen LogP contribution in [0.5, 0.6) is 5.75 Å². The summed E-state index contributed by atoms with van der Waals surface area (Å²) in [4.78, 5) is 35.7. The molecule has 2 aromatic carbocycles. The molecule has 2 rings (SSSR count). The maximum Gasteiger partial charge on any atom is 0.287 e. The summed E-state index contributed by atoms with van der Waals surface area (Å²) in [6, 6.07) is 13.6. The van der Waals surface area contributed by atoms with Crippen molar-refractivity contribution in [1.82, 2.24) is 5.32 Å². The molecule has 0 spiro atoms. The van der Waals surface area contributed by atoms with Gasteiger partial charge in [-0.3, -0.25) is 14.4 Å². The molecule has 0 atom stereocenters. The van der Waals surface area contributed by atoms with Crippen molar-refractivity contribution < 1.29 is 19.1 Å². The van der Waals surface area contributed by atoms with Gasteiger partial charge < -0.3 is 10.1 Å². The molecule has 1 amide bonds. The second-order valence-corrected chi connectivity index (χ2v) is 5.82. The zero-order valence-corrected chi connectivity index (χ0v) is 14.5. The van der Waals surface area contributed by atoms with Gasteiger partial charge in [-0.1, -0.05) is 23.7 Å². The van der Waals surface area contributed by atoms with Crippen LogP contribution < -0.4 is 10.1 Å². The van der Waals surface area contributed by atoms with Crippen LogP contribution in [0, 0.1) is 0 Å². The summed E-state index contributed by atoms with van der Waals surface area (Å²) < 4.78 is 5.01. The van der Waals surface area contributed by atoms with Gasteiger partial charge in [0.1, 0.15) is 5.75 Å². The van der Waals surface area contributed by atoms with E-state index in [2.05, 4.69) is 5.32 Å². The third-order valence-corrected chi connectivity index (χ3v) is 3.85. The molecule has 0 radical (unpaired) electrons. The number of amides is 1. The summed E-state index contributed by atoms with van der Waals surface area (Å²) in [6.07, 6.45) is 0.113. The molecule has 0 unspecified atom stereocenters. The lowest BCUT2D eigenvalue weighted by atomic mass is 10.1. The molecule has 0 fully saturated rings. The molecule has 0 aliphatic heterocycles. The molecule has 0 bridgehead atoms. The number of halogens is 1. The van der Waals surface area contributed by atoms with Gasteiger partial charge in [0.05, 0.1) is 13.5 Å². The summed E-state index contributed by atoms with van der Waals surface area (Å²) >= 11 is 5.80. The molecule has 0 saturated carbocycles. The lowest BCUT2D eigenvalue weighted by Gasteiger charge is -2.05. The minimum atomic E-state index is -0.754. The van der Waals surface area contributed by atoms with Crippen LogP contribution in [0.1, 0.15) is 22.3 Å². The number of hydrogen-bond acceptors (Lipinski definition) is 4. The Bertz CT molecular complexity index is 754. The largest absolute Gasteiger partial charge is 0.497 e. The lowest BCUT2D eigenvalue weighted by Crippen LogP contribution is -2.33. The minimum Gasteiger partial charge on any atom is -0.497 e. The number of carbonyl (C=O) groups is 3. The zero-order chi connectivity index (χ0) is 18.2. The van der Waals surface area contributed by atoms with Gasteiger partial charge in [0.2, 0.25) is 5.78 Å². The summed E-state index contributed by atoms with van der Waals surface area (Å²) in [5.41, 5.74) is 1.36. The highest BCUT2D eigenvalue weighted by Crippen LogP contribution is 2.13. The molecule has 25 heavy (non-hydrogen) atoms. The van der Waals surface area contributed by atoms with Gasteiger partial charge in [-0.15, -0.1) is 0 Å². The van der Waals surface area contributed by atoms with Gasteiger partial charge in [-0.2, -0.15) is 0 Å². The van der Waals surface area contributed by atoms with E-state index in [1.807, 2.05) is 12.1 Å². The second kappa shape index (κ2) is 8.99. The van der Waals surface area contributed by atoms with E-state index in [1.165, 1.54) is 7.11 Å². The third kappa shape index (κ3) is 5.72. The Balaban J connectivity index is 1.79. The normalized spacial score (nSPS) is 10.2. The first-order chi connectivity index (χ1) is 12.0. The van der Waals surface area contributed by atoms with Gasteiger partial charge >= 0.3 is 0 Å². The number of ketones is 2. The SMILES string of the molecule is COc1ccc(C(=O)CC(=O)C(=O)NCCc2ccc(Cl)cc2)cc1. The average molecular weight is 360 g/mol. The Morgan fingerprint density at radius 1 is 1.00 bits per heavy atom. The van der Waals surface area contributed by atoms with Crippen molar-refractivity contribution in [3.8, 4) is 5.75 Å². The van der Waals surface area contributed by atoms with Gasteiger partial charge in [0.25, 0.3) is 5.91 Å². The second-order valence-electron chi connectivity index (χ2n) is 5.38. The van der Waals surface area contributed by atoms with E-state index in [4.69, 9.17) is 16.3 Å². The Labute approximate surface area is 150 Å². The van der Waals surface area contributed by atoms with Crippen LogP contribution in [-0.4, -0.2) is 31.1 Å². The summed E-state index contributed by atoms with van der Waals surface area (Å²) in [5.74, 6) is -1.30. The first-order valence-corrected chi connectivity index (χ1v) is 8.10. The Hall–Kier alpha value is -2.66. The molecular weight excluding hydrogens is 342 g/mol. The van der Waals surface area contributed by atoms with Crippen LogP contribution in [0.4, 0.5) is 0 Å². The van der Waals surface area contributed by atoms with Crippen molar-refractivity contribution >= 4 is 29.1 Å². The predicted molar refractivity (Wildman–Crippen MR) is 95.1 cm³/mol. The topological polar surface area (TPSA) is 72.5 Å². The summed E-state index contributed by atoms with van der Waals surface area (Å²) in [6.45, 7) is 0.308. The first kappa shape index (κ1) is 18.7. The van der Waals surface area contributed by atoms with Crippen molar-refractivity contribution in [2.24, 2.45) is 0 Å². The molecule has 130 valence electrons. The smallest absolute Gasteiger partial charge is 0.287 e. The summed E-state index contributed by atoms with van der Waals surface area (Å²) in [7, 11) is 1.52. The Kier molecular flexibility index (Phi) is 6.71. The van der Waals surface area contributed by atoms with Crippen LogP contribution in [0.25, 0.3) is 0 Å². The number of benzene rings is 2. The van der Waals surface area contributed by atoms with Crippen molar-refractivity contribution in [3.05, 3.63) is 64.7 Å². The number of hydrogen-bond donors (Lipinski definition) is 1. The number of rotatable bonds is 8. The Morgan fingerprint density at radius 2 is 1.64 bits per heavy atom. The predicted octanol–water partition coefficient (Wildman–Crippen LogP) is 2.85. The molecule has 0 aliphatic rings. The van der Waals surface area contributed by atoms with E-state index in [-0.39, 0.29) is 0 Å². The van der Waals surface area contributed by atoms with Crippen molar-refractivity contribution in [3.63, 3.8) is 0 Å². The first-order valence-electron chi connectivity index (χ1n) is 7.72. The van der Waals surface area contributed by atoms with Crippen molar-refractivity contribution in [2.75, 3.05) is 13.7 Å². The number of nitrogens with one attached hydrogen (secondary N) is 1. The summed E-state index contributed by atoms with van der Waals surface area (Å²) in [5, 5.41) is 3.17. The maximum absolute atomic E-state index is 12.0. The van der Waals surface area contributed by atoms with Gasteiger partial charge in [0.15, 0.2) is 5.78 Å². The third-order valence-electron chi connectivity index (χ3n) is 3.60. The minimum absolute atomic E-state index is 0.308. The Morgan fingerprint density at radius 3 is 2.24 bits per heavy atom. The van der Waals surface area contributed by atoms with E-state index in [9.17, 15) is 14.4 Å². The van der Waals surface area contributed by atoms with E-state index in [1.54, 1.807) is 36.4 Å². The lowest BCUT2D eigenvalue weighted by molar-refractivity contribution is -0.137. The fourth-order valence-electron chi connectivity index (χ4n) is 2.18. The number of ether oxygens (including phenoxy) is 1. The number of carbonyl (C=O) groups excluding carboxylic acids is 3. The number of methoxy groups -OCH3 is 1. The highest BCUT2D eigenvalue weighted by Gasteiger charge is 2.18. The van der Waals surface area contributed by atoms with Gasteiger partial charge in [-0.05, 0) is 48.4 Å². The van der Waals surface area contributed by atoms with Crippen LogP contribution in [0.3, 0.4) is 0 Å². The highest BCUT2D eigenvalue weighted by atomic mass is 35.5. The molecule has 0 aliphatic carbocycles. The number of Topliss-reactive ketones (excluding diaryl/α,β-unsaturated/α-hetero) is 2. The molecule has 0 aromatic heterocycles. The fourth-order valence-corrected chi connectivity index (χ4v) is 2.30. The van der Waals surface area contributed by atoms with E-state index < -0.39 is 23.9 Å². The fraction of sp³-hybridized carbons (Fsp3) is 0.211. The molecule has 0 heterocycles. The molecular formula is C19H18ClNO4. The van der Waals surface area contributed by atoms with Gasteiger partial charge in [-0.25, -0.2) is 0 Å². The quantitative estimate of drug-likeness (QED) is 0.447. The zero-order valence-electron chi connectivity index (χ0n) is 13.8. The maximum atomic E-state index is 12.0. The van der Waals surface area contributed by atoms with Crippen LogP contribution in [-0.2, 0) is 16.0 Å². The van der Waals surface area contributed by atoms with Crippen LogP contribution in [0.2, 0.25) is 5.02 Å².